The first-order valence-corrected chi connectivity index (χ1v) is 11.6. The molecule has 156 valence electrons. The fourth-order valence-corrected chi connectivity index (χ4v) is 5.27. The zero-order chi connectivity index (χ0) is 20.4. The summed E-state index contributed by atoms with van der Waals surface area (Å²) in [7, 11) is -3.44. The topological polar surface area (TPSA) is 80.8 Å². The Morgan fingerprint density at radius 3 is 2.76 bits per heavy atom. The molecule has 0 amide bonds. The molecule has 0 aliphatic carbocycles. The van der Waals surface area contributed by atoms with Gasteiger partial charge in [0, 0.05) is 43.4 Å². The molecule has 3 heterocycles. The summed E-state index contributed by atoms with van der Waals surface area (Å²) in [4.78, 5) is 4.54. The Kier molecular flexibility index (Phi) is 5.65. The van der Waals surface area contributed by atoms with Crippen LogP contribution in [0.3, 0.4) is 0 Å². The molecule has 0 saturated carbocycles. The summed E-state index contributed by atoms with van der Waals surface area (Å²) in [6.07, 6.45) is 4.31. The minimum atomic E-state index is -3.44. The molecule has 8 heteroatoms. The number of pyridine rings is 1. The first kappa shape index (κ1) is 20.0. The van der Waals surface area contributed by atoms with Crippen molar-refractivity contribution >= 4 is 15.8 Å². The van der Waals surface area contributed by atoms with Gasteiger partial charge in [0.1, 0.15) is 28.3 Å². The van der Waals surface area contributed by atoms with Gasteiger partial charge in [-0.15, -0.1) is 0 Å². The molecule has 1 aromatic heterocycles. The molecule has 1 fully saturated rings. The van der Waals surface area contributed by atoms with Crippen molar-refractivity contribution in [3.05, 3.63) is 41.6 Å². The van der Waals surface area contributed by atoms with Crippen LogP contribution in [0, 0.1) is 0 Å². The predicted molar refractivity (Wildman–Crippen MR) is 111 cm³/mol. The van der Waals surface area contributed by atoms with Crippen molar-refractivity contribution in [1.29, 1.82) is 0 Å². The number of nitrogens with zero attached hydrogens (tertiary/aromatic N) is 2. The SMILES string of the molecule is CCOc1cc2c(cc1CNc1ccc(S(=O)(=O)N3CCCC3)cn1)O[C@H](C)C2. The number of hydrogen-bond donors (Lipinski definition) is 1. The highest BCUT2D eigenvalue weighted by Crippen LogP contribution is 2.35. The van der Waals surface area contributed by atoms with Crippen LogP contribution in [0.2, 0.25) is 0 Å². The van der Waals surface area contributed by atoms with E-state index in [4.69, 9.17) is 9.47 Å². The summed E-state index contributed by atoms with van der Waals surface area (Å²) in [6.45, 7) is 6.28. The van der Waals surface area contributed by atoms with E-state index < -0.39 is 10.0 Å². The second kappa shape index (κ2) is 8.20. The van der Waals surface area contributed by atoms with Crippen LogP contribution in [0.15, 0.2) is 35.4 Å². The Morgan fingerprint density at radius 1 is 1.28 bits per heavy atom. The van der Waals surface area contributed by atoms with Crippen molar-refractivity contribution in [2.75, 3.05) is 25.0 Å². The third-order valence-corrected chi connectivity index (χ3v) is 7.16. The summed E-state index contributed by atoms with van der Waals surface area (Å²) < 4.78 is 38.4. The van der Waals surface area contributed by atoms with Gasteiger partial charge in [-0.3, -0.25) is 0 Å². The Morgan fingerprint density at radius 2 is 2.07 bits per heavy atom. The first-order valence-electron chi connectivity index (χ1n) is 10.1. The number of nitrogens with one attached hydrogen (secondary N) is 1. The van der Waals surface area contributed by atoms with E-state index in [0.29, 0.717) is 32.1 Å². The molecular formula is C21H27N3O4S. The highest BCUT2D eigenvalue weighted by Gasteiger charge is 2.27. The van der Waals surface area contributed by atoms with Crippen LogP contribution in [0.5, 0.6) is 11.5 Å². The van der Waals surface area contributed by atoms with Crippen molar-refractivity contribution in [3.8, 4) is 11.5 Å². The largest absolute Gasteiger partial charge is 0.494 e. The standard InChI is InChI=1S/C21H27N3O4S/c1-3-27-19-11-16-10-15(2)28-20(16)12-17(19)13-22-21-7-6-18(14-23-21)29(25,26)24-8-4-5-9-24/h6-7,11-12,14-15H,3-5,8-10,13H2,1-2H3,(H,22,23)/t15-/m1/s1. The number of fused-ring (bicyclic) bond motifs is 1. The van der Waals surface area contributed by atoms with Crippen LogP contribution in [-0.4, -0.2) is 43.5 Å². The molecule has 7 nitrogen and oxygen atoms in total. The highest BCUT2D eigenvalue weighted by molar-refractivity contribution is 7.89. The van der Waals surface area contributed by atoms with Crippen LogP contribution in [0.1, 0.15) is 37.8 Å². The lowest BCUT2D eigenvalue weighted by Gasteiger charge is -2.16. The van der Waals surface area contributed by atoms with E-state index in [1.165, 1.54) is 16.1 Å². The van der Waals surface area contributed by atoms with E-state index in [-0.39, 0.29) is 11.0 Å². The Labute approximate surface area is 172 Å². The predicted octanol–water partition coefficient (Wildman–Crippen LogP) is 3.20. The molecule has 0 unspecified atom stereocenters. The third-order valence-electron chi connectivity index (χ3n) is 5.28. The molecular weight excluding hydrogens is 390 g/mol. The van der Waals surface area contributed by atoms with Crippen LogP contribution in [0.25, 0.3) is 0 Å². The lowest BCUT2D eigenvalue weighted by molar-refractivity contribution is 0.254. The van der Waals surface area contributed by atoms with Crippen LogP contribution in [-0.2, 0) is 23.0 Å². The van der Waals surface area contributed by atoms with E-state index in [2.05, 4.69) is 23.3 Å². The molecule has 29 heavy (non-hydrogen) atoms. The first-order chi connectivity index (χ1) is 14.0. The fourth-order valence-electron chi connectivity index (χ4n) is 3.81. The quantitative estimate of drug-likeness (QED) is 0.745. The maximum absolute atomic E-state index is 12.6. The summed E-state index contributed by atoms with van der Waals surface area (Å²) in [6, 6.07) is 7.39. The van der Waals surface area contributed by atoms with Crippen molar-refractivity contribution in [1.82, 2.24) is 9.29 Å². The second-order valence-corrected chi connectivity index (χ2v) is 9.42. The molecule has 2 aromatic rings. The van der Waals surface area contributed by atoms with Gasteiger partial charge >= 0.3 is 0 Å². The van der Waals surface area contributed by atoms with Crippen molar-refractivity contribution < 1.29 is 17.9 Å². The molecule has 1 saturated heterocycles. The maximum Gasteiger partial charge on any atom is 0.244 e. The van der Waals surface area contributed by atoms with E-state index in [1.54, 1.807) is 12.1 Å². The van der Waals surface area contributed by atoms with Crippen LogP contribution in [0.4, 0.5) is 5.82 Å². The smallest absolute Gasteiger partial charge is 0.244 e. The van der Waals surface area contributed by atoms with Crippen molar-refractivity contribution in [2.24, 2.45) is 0 Å². The third kappa shape index (κ3) is 4.18. The molecule has 1 N–H and O–H groups in total. The van der Waals surface area contributed by atoms with E-state index >= 15 is 0 Å². The number of anilines is 1. The average Bonchev–Trinajstić information content (AvgIpc) is 3.36. The number of aromatic nitrogens is 1. The van der Waals surface area contributed by atoms with E-state index in [0.717, 1.165) is 36.3 Å². The maximum atomic E-state index is 12.6. The van der Waals surface area contributed by atoms with E-state index in [9.17, 15) is 8.42 Å². The Bertz CT molecular complexity index is 970. The number of ether oxygens (including phenoxy) is 2. The van der Waals surface area contributed by atoms with Gasteiger partial charge in [-0.2, -0.15) is 4.31 Å². The molecule has 1 atom stereocenters. The van der Waals surface area contributed by atoms with Gasteiger partial charge in [-0.25, -0.2) is 13.4 Å². The monoisotopic (exact) mass is 417 g/mol. The fraction of sp³-hybridized carbons (Fsp3) is 0.476. The van der Waals surface area contributed by atoms with Crippen LogP contribution < -0.4 is 14.8 Å². The summed E-state index contributed by atoms with van der Waals surface area (Å²) in [5, 5.41) is 3.26. The lowest BCUT2D eigenvalue weighted by Crippen LogP contribution is -2.27. The van der Waals surface area contributed by atoms with Gasteiger partial charge in [-0.05, 0) is 51.0 Å². The molecule has 2 aliphatic rings. The van der Waals surface area contributed by atoms with E-state index in [1.807, 2.05) is 13.0 Å². The summed E-state index contributed by atoms with van der Waals surface area (Å²) in [5.74, 6) is 2.35. The minimum absolute atomic E-state index is 0.175. The average molecular weight is 418 g/mol. The minimum Gasteiger partial charge on any atom is -0.494 e. The van der Waals surface area contributed by atoms with Gasteiger partial charge < -0.3 is 14.8 Å². The molecule has 0 spiro atoms. The number of benzene rings is 1. The normalized spacial score (nSPS) is 19.0. The molecule has 0 radical (unpaired) electrons. The molecule has 0 bridgehead atoms. The number of hydrogen-bond acceptors (Lipinski definition) is 6. The van der Waals surface area contributed by atoms with Crippen molar-refractivity contribution in [3.63, 3.8) is 0 Å². The summed E-state index contributed by atoms with van der Waals surface area (Å²) in [5.41, 5.74) is 2.15. The number of sulfonamides is 1. The van der Waals surface area contributed by atoms with Gasteiger partial charge in [0.25, 0.3) is 0 Å². The highest BCUT2D eigenvalue weighted by atomic mass is 32.2. The molecule has 4 rings (SSSR count). The summed E-state index contributed by atoms with van der Waals surface area (Å²) >= 11 is 0. The molecule has 2 aliphatic heterocycles. The number of rotatable bonds is 7. The van der Waals surface area contributed by atoms with Gasteiger partial charge in [0.05, 0.1) is 6.61 Å². The van der Waals surface area contributed by atoms with Crippen LogP contribution >= 0.6 is 0 Å². The zero-order valence-electron chi connectivity index (χ0n) is 16.8. The lowest BCUT2D eigenvalue weighted by atomic mass is 10.1. The van der Waals surface area contributed by atoms with Gasteiger partial charge in [-0.1, -0.05) is 0 Å². The molecule has 1 aromatic carbocycles. The zero-order valence-corrected chi connectivity index (χ0v) is 17.7. The Hall–Kier alpha value is -2.32. The second-order valence-electron chi connectivity index (χ2n) is 7.48. The van der Waals surface area contributed by atoms with Gasteiger partial charge in [0.15, 0.2) is 0 Å². The Balaban J connectivity index is 1.47. The van der Waals surface area contributed by atoms with Gasteiger partial charge in [0.2, 0.25) is 10.0 Å². The van der Waals surface area contributed by atoms with Crippen molar-refractivity contribution in [2.45, 2.75) is 50.7 Å².